The lowest BCUT2D eigenvalue weighted by Crippen LogP contribution is -2.12. The van der Waals surface area contributed by atoms with Crippen LogP contribution in [0.2, 0.25) is 0 Å². The average Bonchev–Trinajstić information content (AvgIpc) is 2.79. The number of H-pyrrole nitrogens is 1. The summed E-state index contributed by atoms with van der Waals surface area (Å²) in [6.45, 7) is 0.563. The summed E-state index contributed by atoms with van der Waals surface area (Å²) in [7, 11) is -3.67. The molecule has 1 aromatic heterocycles. The molecule has 6 nitrogen and oxygen atoms in total. The molecule has 0 saturated heterocycles. The molecule has 0 aliphatic carbocycles. The Balaban J connectivity index is 2.15. The Hall–Kier alpha value is -1.38. The van der Waals surface area contributed by atoms with Crippen LogP contribution in [0.15, 0.2) is 39.8 Å². The van der Waals surface area contributed by atoms with Crippen LogP contribution in [0.4, 0.5) is 5.69 Å². The molecule has 0 bridgehead atoms. The number of aromatic nitrogens is 2. The fraction of sp³-hybridized carbons (Fsp3) is 0.100. The van der Waals surface area contributed by atoms with E-state index in [4.69, 9.17) is 5.14 Å². The summed E-state index contributed by atoms with van der Waals surface area (Å²) in [4.78, 5) is 0.0708. The molecule has 0 atom stereocenters. The first-order chi connectivity index (χ1) is 8.47. The second kappa shape index (κ2) is 5.09. The van der Waals surface area contributed by atoms with E-state index in [1.807, 2.05) is 6.07 Å². The zero-order valence-corrected chi connectivity index (χ0v) is 11.6. The second-order valence-corrected chi connectivity index (χ2v) is 6.04. The molecular weight excluding hydrogens is 320 g/mol. The van der Waals surface area contributed by atoms with E-state index in [1.54, 1.807) is 12.3 Å². The van der Waals surface area contributed by atoms with Crippen molar-refractivity contribution >= 4 is 31.6 Å². The molecule has 0 spiro atoms. The summed E-state index contributed by atoms with van der Waals surface area (Å²) in [5, 5.41) is 14.8. The Labute approximate surface area is 113 Å². The Kier molecular flexibility index (Phi) is 3.69. The molecule has 8 heteroatoms. The van der Waals surface area contributed by atoms with Gasteiger partial charge in [0, 0.05) is 16.4 Å². The predicted octanol–water partition coefficient (Wildman–Crippen LogP) is 1.43. The van der Waals surface area contributed by atoms with E-state index in [-0.39, 0.29) is 4.90 Å². The molecule has 0 unspecified atom stereocenters. The van der Waals surface area contributed by atoms with E-state index in [9.17, 15) is 8.42 Å². The smallest absolute Gasteiger partial charge is 0.238 e. The molecule has 0 amide bonds. The zero-order chi connectivity index (χ0) is 13.2. The molecule has 0 saturated carbocycles. The van der Waals surface area contributed by atoms with Crippen LogP contribution in [0.1, 0.15) is 5.69 Å². The highest BCUT2D eigenvalue weighted by Gasteiger charge is 2.10. The number of aromatic amines is 1. The summed E-state index contributed by atoms with van der Waals surface area (Å²) in [6.07, 6.45) is 1.66. The molecule has 2 rings (SSSR count). The van der Waals surface area contributed by atoms with Gasteiger partial charge in [-0.2, -0.15) is 5.10 Å². The lowest BCUT2D eigenvalue weighted by molar-refractivity contribution is 0.598. The van der Waals surface area contributed by atoms with Gasteiger partial charge in [-0.1, -0.05) is 0 Å². The molecule has 18 heavy (non-hydrogen) atoms. The molecule has 1 heterocycles. The van der Waals surface area contributed by atoms with E-state index in [2.05, 4.69) is 31.4 Å². The van der Waals surface area contributed by atoms with Crippen molar-refractivity contribution in [3.8, 4) is 0 Å². The highest BCUT2D eigenvalue weighted by Crippen LogP contribution is 2.25. The fourth-order valence-corrected chi connectivity index (χ4v) is 2.60. The van der Waals surface area contributed by atoms with Crippen LogP contribution < -0.4 is 10.5 Å². The Bertz CT molecular complexity index is 640. The zero-order valence-electron chi connectivity index (χ0n) is 9.22. The molecule has 0 fully saturated rings. The van der Waals surface area contributed by atoms with E-state index < -0.39 is 10.0 Å². The molecule has 4 N–H and O–H groups in total. The standard InChI is InChI=1S/C10H11BrN4O2S/c11-9-5-8(18(12,16)17)1-2-10(9)13-6-7-3-4-14-15-7/h1-5,13H,6H2,(H,14,15)(H2,12,16,17). The summed E-state index contributed by atoms with van der Waals surface area (Å²) >= 11 is 3.30. The lowest BCUT2D eigenvalue weighted by atomic mass is 10.3. The quantitative estimate of drug-likeness (QED) is 0.789. The molecule has 0 radical (unpaired) electrons. The lowest BCUT2D eigenvalue weighted by Gasteiger charge is -2.08. The van der Waals surface area contributed by atoms with Crippen molar-refractivity contribution in [1.29, 1.82) is 0 Å². The second-order valence-electron chi connectivity index (χ2n) is 3.62. The van der Waals surface area contributed by atoms with Gasteiger partial charge in [0.05, 0.1) is 17.1 Å². The summed E-state index contributed by atoms with van der Waals surface area (Å²) in [6, 6.07) is 6.42. The van der Waals surface area contributed by atoms with Gasteiger partial charge >= 0.3 is 0 Å². The van der Waals surface area contributed by atoms with Gasteiger partial charge in [-0.15, -0.1) is 0 Å². The van der Waals surface area contributed by atoms with Crippen molar-refractivity contribution in [3.63, 3.8) is 0 Å². The maximum Gasteiger partial charge on any atom is 0.238 e. The predicted molar refractivity (Wildman–Crippen MR) is 71.4 cm³/mol. The molecular formula is C10H11BrN4O2S. The van der Waals surface area contributed by atoms with Crippen molar-refractivity contribution in [2.45, 2.75) is 11.4 Å². The van der Waals surface area contributed by atoms with Gasteiger partial charge in [0.2, 0.25) is 10.0 Å². The minimum Gasteiger partial charge on any atom is -0.378 e. The number of sulfonamides is 1. The molecule has 96 valence electrons. The first kappa shape index (κ1) is 13.1. The summed E-state index contributed by atoms with van der Waals surface area (Å²) in [5.74, 6) is 0. The number of primary sulfonamides is 1. The van der Waals surface area contributed by atoms with Gasteiger partial charge in [-0.3, -0.25) is 5.10 Å². The van der Waals surface area contributed by atoms with E-state index in [0.717, 1.165) is 11.4 Å². The number of rotatable bonds is 4. The largest absolute Gasteiger partial charge is 0.378 e. The third-order valence-corrected chi connectivity index (χ3v) is 3.86. The van der Waals surface area contributed by atoms with Gasteiger partial charge in [0.1, 0.15) is 0 Å². The minimum atomic E-state index is -3.67. The number of halogens is 1. The van der Waals surface area contributed by atoms with Crippen molar-refractivity contribution in [2.75, 3.05) is 5.32 Å². The fourth-order valence-electron chi connectivity index (χ4n) is 1.39. The Morgan fingerprint density at radius 2 is 2.17 bits per heavy atom. The number of nitrogens with two attached hydrogens (primary N) is 1. The number of nitrogens with zero attached hydrogens (tertiary/aromatic N) is 1. The third-order valence-electron chi connectivity index (χ3n) is 2.30. The maximum atomic E-state index is 11.2. The van der Waals surface area contributed by atoms with Crippen LogP contribution in [0, 0.1) is 0 Å². The van der Waals surface area contributed by atoms with Crippen LogP contribution in [0.25, 0.3) is 0 Å². The molecule has 1 aromatic carbocycles. The minimum absolute atomic E-state index is 0.0708. The van der Waals surface area contributed by atoms with Crippen LogP contribution in [-0.4, -0.2) is 18.6 Å². The van der Waals surface area contributed by atoms with Gasteiger partial charge < -0.3 is 5.32 Å². The van der Waals surface area contributed by atoms with Crippen LogP contribution in [-0.2, 0) is 16.6 Å². The van der Waals surface area contributed by atoms with Gasteiger partial charge in [0.15, 0.2) is 0 Å². The average molecular weight is 331 g/mol. The SMILES string of the molecule is NS(=O)(=O)c1ccc(NCc2ccn[nH]2)c(Br)c1. The number of nitrogens with one attached hydrogen (secondary N) is 2. The normalized spacial score (nSPS) is 11.4. The molecule has 0 aliphatic heterocycles. The van der Waals surface area contributed by atoms with Gasteiger partial charge in [0.25, 0.3) is 0 Å². The van der Waals surface area contributed by atoms with Crippen LogP contribution in [0.3, 0.4) is 0 Å². The number of hydrogen-bond donors (Lipinski definition) is 3. The Morgan fingerprint density at radius 1 is 1.39 bits per heavy atom. The number of benzene rings is 1. The van der Waals surface area contributed by atoms with Crippen molar-refractivity contribution in [2.24, 2.45) is 5.14 Å². The van der Waals surface area contributed by atoms with Crippen molar-refractivity contribution in [1.82, 2.24) is 10.2 Å². The highest BCUT2D eigenvalue weighted by molar-refractivity contribution is 9.10. The maximum absolute atomic E-state index is 11.2. The van der Waals surface area contributed by atoms with E-state index in [1.165, 1.54) is 12.1 Å². The third kappa shape index (κ3) is 3.09. The van der Waals surface area contributed by atoms with Gasteiger partial charge in [-0.05, 0) is 40.2 Å². The first-order valence-corrected chi connectivity index (χ1v) is 7.35. The molecule has 2 aromatic rings. The van der Waals surface area contributed by atoms with Crippen molar-refractivity contribution in [3.05, 3.63) is 40.6 Å². The highest BCUT2D eigenvalue weighted by atomic mass is 79.9. The topological polar surface area (TPSA) is 101 Å². The van der Waals surface area contributed by atoms with Crippen molar-refractivity contribution < 1.29 is 8.42 Å². The summed E-state index contributed by atoms with van der Waals surface area (Å²) in [5.41, 5.74) is 1.70. The first-order valence-electron chi connectivity index (χ1n) is 5.01. The van der Waals surface area contributed by atoms with Crippen LogP contribution >= 0.6 is 15.9 Å². The van der Waals surface area contributed by atoms with Gasteiger partial charge in [-0.25, -0.2) is 13.6 Å². The Morgan fingerprint density at radius 3 is 2.72 bits per heavy atom. The summed E-state index contributed by atoms with van der Waals surface area (Å²) < 4.78 is 23.0. The number of anilines is 1. The molecule has 0 aliphatic rings. The van der Waals surface area contributed by atoms with E-state index in [0.29, 0.717) is 11.0 Å². The van der Waals surface area contributed by atoms with Crippen LogP contribution in [0.5, 0.6) is 0 Å². The van der Waals surface area contributed by atoms with E-state index >= 15 is 0 Å². The monoisotopic (exact) mass is 330 g/mol. The number of hydrogen-bond acceptors (Lipinski definition) is 4.